The number of piperazine rings is 1. The molecule has 2 amide bonds. The van der Waals surface area contributed by atoms with E-state index in [1.54, 1.807) is 9.80 Å². The Kier molecular flexibility index (Phi) is 6.63. The number of rotatable bonds is 4. The number of hydrogen-bond acceptors (Lipinski definition) is 4. The second-order valence-electron chi connectivity index (χ2n) is 7.21. The van der Waals surface area contributed by atoms with E-state index >= 15 is 0 Å². The first-order valence-electron chi connectivity index (χ1n) is 9.66. The van der Waals surface area contributed by atoms with Gasteiger partial charge in [0.1, 0.15) is 0 Å². The summed E-state index contributed by atoms with van der Waals surface area (Å²) in [7, 11) is 0. The third-order valence-corrected chi connectivity index (χ3v) is 5.44. The molecule has 2 saturated heterocycles. The van der Waals surface area contributed by atoms with Gasteiger partial charge in [-0.3, -0.25) is 14.5 Å². The van der Waals surface area contributed by atoms with E-state index in [0.717, 1.165) is 38.9 Å². The molecule has 0 aromatic heterocycles. The monoisotopic (exact) mass is 359 g/mol. The third kappa shape index (κ3) is 4.62. The van der Waals surface area contributed by atoms with E-state index in [0.29, 0.717) is 26.1 Å². The average Bonchev–Trinajstić information content (AvgIpc) is 2.69. The number of carbonyl (C=O) groups excluding carboxylic acids is 2. The van der Waals surface area contributed by atoms with Crippen LogP contribution in [0.25, 0.3) is 0 Å². The number of aliphatic hydroxyl groups is 1. The molecule has 1 aromatic rings. The Labute approximate surface area is 155 Å². The fourth-order valence-electron chi connectivity index (χ4n) is 3.93. The first-order chi connectivity index (χ1) is 12.7. The van der Waals surface area contributed by atoms with Crippen LogP contribution < -0.4 is 0 Å². The van der Waals surface area contributed by atoms with Crippen molar-refractivity contribution >= 4 is 11.8 Å². The van der Waals surface area contributed by atoms with Gasteiger partial charge in [-0.1, -0.05) is 30.3 Å². The highest BCUT2D eigenvalue weighted by atomic mass is 16.3. The van der Waals surface area contributed by atoms with Crippen LogP contribution >= 0.6 is 0 Å². The summed E-state index contributed by atoms with van der Waals surface area (Å²) in [6, 6.07) is 10.3. The van der Waals surface area contributed by atoms with Crippen LogP contribution in [0.2, 0.25) is 0 Å². The highest BCUT2D eigenvalue weighted by Crippen LogP contribution is 2.20. The van der Waals surface area contributed by atoms with Gasteiger partial charge in [0.25, 0.3) is 0 Å². The molecular formula is C20H29N3O3. The molecular weight excluding hydrogens is 330 g/mol. The number of hydrogen-bond donors (Lipinski definition) is 1. The van der Waals surface area contributed by atoms with E-state index in [2.05, 4.69) is 17.0 Å². The lowest BCUT2D eigenvalue weighted by Gasteiger charge is -2.38. The van der Waals surface area contributed by atoms with Crippen molar-refractivity contribution in [3.63, 3.8) is 0 Å². The smallest absolute Gasteiger partial charge is 0.312 e. The lowest BCUT2D eigenvalue weighted by molar-refractivity contribution is -0.155. The molecule has 2 aliphatic heterocycles. The van der Waals surface area contributed by atoms with E-state index in [1.165, 1.54) is 5.56 Å². The summed E-state index contributed by atoms with van der Waals surface area (Å²) in [5.74, 6) is -0.770. The summed E-state index contributed by atoms with van der Waals surface area (Å²) in [6.07, 6.45) is 3.43. The van der Waals surface area contributed by atoms with Gasteiger partial charge >= 0.3 is 11.8 Å². The lowest BCUT2D eigenvalue weighted by atomic mass is 9.99. The number of piperidine rings is 1. The quantitative estimate of drug-likeness (QED) is 0.818. The van der Waals surface area contributed by atoms with Crippen molar-refractivity contribution in [3.05, 3.63) is 35.9 Å². The van der Waals surface area contributed by atoms with E-state index < -0.39 is 0 Å². The van der Waals surface area contributed by atoms with Gasteiger partial charge in [0, 0.05) is 51.9 Å². The molecule has 0 saturated carbocycles. The zero-order chi connectivity index (χ0) is 18.4. The van der Waals surface area contributed by atoms with Gasteiger partial charge in [-0.2, -0.15) is 0 Å². The van der Waals surface area contributed by atoms with Crippen molar-refractivity contribution in [3.8, 4) is 0 Å². The minimum atomic E-state index is -0.389. The second-order valence-corrected chi connectivity index (χ2v) is 7.21. The van der Waals surface area contributed by atoms with Gasteiger partial charge < -0.3 is 14.9 Å². The highest BCUT2D eigenvalue weighted by Gasteiger charge is 2.34. The zero-order valence-corrected chi connectivity index (χ0v) is 15.3. The number of benzene rings is 1. The second kappa shape index (κ2) is 9.14. The molecule has 6 nitrogen and oxygen atoms in total. The summed E-state index contributed by atoms with van der Waals surface area (Å²) < 4.78 is 0. The van der Waals surface area contributed by atoms with Gasteiger partial charge in [0.15, 0.2) is 0 Å². The van der Waals surface area contributed by atoms with Crippen molar-refractivity contribution in [2.45, 2.75) is 38.3 Å². The minimum absolute atomic E-state index is 0.00423. The van der Waals surface area contributed by atoms with Crippen LogP contribution in [0.3, 0.4) is 0 Å². The van der Waals surface area contributed by atoms with Crippen molar-refractivity contribution < 1.29 is 14.7 Å². The average molecular weight is 359 g/mol. The van der Waals surface area contributed by atoms with Gasteiger partial charge in [0.05, 0.1) is 0 Å². The summed E-state index contributed by atoms with van der Waals surface area (Å²) in [5.41, 5.74) is 1.27. The summed E-state index contributed by atoms with van der Waals surface area (Å²) in [6.45, 7) is 4.32. The van der Waals surface area contributed by atoms with Crippen LogP contribution in [0.4, 0.5) is 0 Å². The summed E-state index contributed by atoms with van der Waals surface area (Å²) in [5, 5.41) is 9.22. The Balaban J connectivity index is 1.51. The normalized spacial score (nSPS) is 21.7. The largest absolute Gasteiger partial charge is 0.396 e. The molecule has 142 valence electrons. The Hall–Kier alpha value is -1.92. The standard InChI is InChI=1S/C20H29N3O3/c24-15-9-18-8-4-5-10-23(18)20(26)19(25)22-13-11-21(12-14-22)16-17-6-2-1-3-7-17/h1-3,6-7,18,24H,4-5,8-16H2. The minimum Gasteiger partial charge on any atom is -0.396 e. The first kappa shape index (κ1) is 18.9. The predicted octanol–water partition coefficient (Wildman–Crippen LogP) is 1.09. The van der Waals surface area contributed by atoms with Crippen molar-refractivity contribution in [1.82, 2.24) is 14.7 Å². The molecule has 1 unspecified atom stereocenters. The molecule has 3 rings (SSSR count). The van der Waals surface area contributed by atoms with Gasteiger partial charge in [-0.25, -0.2) is 0 Å². The molecule has 1 aromatic carbocycles. The Morgan fingerprint density at radius 2 is 1.69 bits per heavy atom. The van der Waals surface area contributed by atoms with E-state index in [9.17, 15) is 14.7 Å². The van der Waals surface area contributed by atoms with E-state index in [4.69, 9.17) is 0 Å². The molecule has 6 heteroatoms. The lowest BCUT2D eigenvalue weighted by Crippen LogP contribution is -2.55. The number of nitrogens with zero attached hydrogens (tertiary/aromatic N) is 3. The van der Waals surface area contributed by atoms with E-state index in [1.807, 2.05) is 18.2 Å². The summed E-state index contributed by atoms with van der Waals surface area (Å²) in [4.78, 5) is 31.1. The van der Waals surface area contributed by atoms with Crippen LogP contribution in [0.5, 0.6) is 0 Å². The Morgan fingerprint density at radius 1 is 0.962 bits per heavy atom. The maximum Gasteiger partial charge on any atom is 0.312 e. The molecule has 1 N–H and O–H groups in total. The molecule has 2 aliphatic rings. The molecule has 0 radical (unpaired) electrons. The number of aliphatic hydroxyl groups excluding tert-OH is 1. The topological polar surface area (TPSA) is 64.1 Å². The predicted molar refractivity (Wildman–Crippen MR) is 99.4 cm³/mol. The highest BCUT2D eigenvalue weighted by molar-refractivity contribution is 6.35. The van der Waals surface area contributed by atoms with Crippen LogP contribution in [0.1, 0.15) is 31.2 Å². The van der Waals surface area contributed by atoms with Crippen LogP contribution in [-0.4, -0.2) is 77.0 Å². The van der Waals surface area contributed by atoms with Crippen LogP contribution in [-0.2, 0) is 16.1 Å². The van der Waals surface area contributed by atoms with Gasteiger partial charge in [0.2, 0.25) is 0 Å². The number of carbonyl (C=O) groups is 2. The van der Waals surface area contributed by atoms with Crippen molar-refractivity contribution in [1.29, 1.82) is 0 Å². The maximum absolute atomic E-state index is 12.7. The molecule has 1 atom stereocenters. The molecule has 0 aliphatic carbocycles. The zero-order valence-electron chi connectivity index (χ0n) is 15.3. The van der Waals surface area contributed by atoms with Crippen molar-refractivity contribution in [2.75, 3.05) is 39.3 Å². The van der Waals surface area contributed by atoms with E-state index in [-0.39, 0.29) is 24.5 Å². The van der Waals surface area contributed by atoms with Crippen LogP contribution in [0.15, 0.2) is 30.3 Å². The molecule has 2 heterocycles. The first-order valence-corrected chi connectivity index (χ1v) is 9.66. The Bertz CT molecular complexity index is 598. The maximum atomic E-state index is 12.7. The molecule has 2 fully saturated rings. The Morgan fingerprint density at radius 3 is 2.38 bits per heavy atom. The SMILES string of the molecule is O=C(C(=O)N1CCCCC1CCO)N1CCN(Cc2ccccc2)CC1. The molecule has 0 spiro atoms. The fourth-order valence-corrected chi connectivity index (χ4v) is 3.93. The number of amides is 2. The van der Waals surface area contributed by atoms with Gasteiger partial charge in [-0.15, -0.1) is 0 Å². The van der Waals surface area contributed by atoms with Crippen molar-refractivity contribution in [2.24, 2.45) is 0 Å². The van der Waals surface area contributed by atoms with Gasteiger partial charge in [-0.05, 0) is 31.2 Å². The van der Waals surface area contributed by atoms with Crippen LogP contribution in [0, 0.1) is 0 Å². The summed E-state index contributed by atoms with van der Waals surface area (Å²) >= 11 is 0. The fraction of sp³-hybridized carbons (Fsp3) is 0.600. The molecule has 26 heavy (non-hydrogen) atoms. The molecule has 0 bridgehead atoms. The third-order valence-electron chi connectivity index (χ3n) is 5.44. The number of likely N-dealkylation sites (tertiary alicyclic amines) is 1.